The Morgan fingerprint density at radius 1 is 0.633 bits per heavy atom. The van der Waals surface area contributed by atoms with Crippen molar-refractivity contribution in [3.63, 3.8) is 0 Å². The van der Waals surface area contributed by atoms with Gasteiger partial charge in [-0.1, -0.05) is 103 Å². The Morgan fingerprint density at radius 3 is 1.40 bits per heavy atom. The lowest BCUT2D eigenvalue weighted by atomic mass is 9.81. The molecule has 3 saturated heterocycles. The summed E-state index contributed by atoms with van der Waals surface area (Å²) >= 11 is 0. The molecule has 0 aromatic rings. The Labute approximate surface area is 184 Å². The van der Waals surface area contributed by atoms with Gasteiger partial charge >= 0.3 is 0 Å². The molecule has 3 rings (SSSR count). The van der Waals surface area contributed by atoms with Gasteiger partial charge in [0.2, 0.25) is 11.8 Å². The maximum Gasteiger partial charge on any atom is 0.235 e. The summed E-state index contributed by atoms with van der Waals surface area (Å²) in [6.07, 6.45) is 23.4. The number of fused-ring (bicyclic) bond motifs is 5. The van der Waals surface area contributed by atoms with E-state index in [0.29, 0.717) is 6.54 Å². The molecule has 0 radical (unpaired) electrons. The fourth-order valence-corrected chi connectivity index (χ4v) is 5.81. The van der Waals surface area contributed by atoms with E-state index in [1.165, 1.54) is 89.9 Å². The normalized spacial score (nSPS) is 27.4. The summed E-state index contributed by atoms with van der Waals surface area (Å²) in [5, 5.41) is 0. The first-order valence-corrected chi connectivity index (χ1v) is 13.2. The molecule has 3 aliphatic heterocycles. The van der Waals surface area contributed by atoms with E-state index in [1.54, 1.807) is 4.90 Å². The molecule has 30 heavy (non-hydrogen) atoms. The molecule has 4 atom stereocenters. The van der Waals surface area contributed by atoms with Crippen LogP contribution < -0.4 is 0 Å². The van der Waals surface area contributed by atoms with Crippen LogP contribution >= 0.6 is 0 Å². The second kappa shape index (κ2) is 12.8. The van der Waals surface area contributed by atoms with Crippen molar-refractivity contribution in [1.29, 1.82) is 0 Å². The van der Waals surface area contributed by atoms with Crippen LogP contribution in [-0.4, -0.2) is 35.5 Å². The highest BCUT2D eigenvalue weighted by Crippen LogP contribution is 2.48. The van der Waals surface area contributed by atoms with Gasteiger partial charge in [-0.3, -0.25) is 14.5 Å². The van der Waals surface area contributed by atoms with Gasteiger partial charge < -0.3 is 4.74 Å². The van der Waals surface area contributed by atoms with Crippen LogP contribution in [0.3, 0.4) is 0 Å². The van der Waals surface area contributed by atoms with Crippen LogP contribution in [-0.2, 0) is 14.3 Å². The number of ether oxygens (including phenoxy) is 1. The van der Waals surface area contributed by atoms with E-state index in [4.69, 9.17) is 4.74 Å². The average Bonchev–Trinajstić information content (AvgIpc) is 3.43. The number of unbranched alkanes of at least 4 members (excludes halogenated alkanes) is 15. The summed E-state index contributed by atoms with van der Waals surface area (Å²) in [6.45, 7) is 2.91. The number of nitrogens with zero attached hydrogens (tertiary/aromatic N) is 1. The second-order valence-electron chi connectivity index (χ2n) is 9.97. The fraction of sp³-hybridized carbons (Fsp3) is 0.923. The van der Waals surface area contributed by atoms with E-state index in [-0.39, 0.29) is 35.9 Å². The minimum atomic E-state index is -0.155. The third-order valence-corrected chi connectivity index (χ3v) is 7.61. The van der Waals surface area contributed by atoms with Crippen molar-refractivity contribution in [2.24, 2.45) is 11.8 Å². The van der Waals surface area contributed by atoms with Crippen molar-refractivity contribution in [1.82, 2.24) is 4.90 Å². The summed E-state index contributed by atoms with van der Waals surface area (Å²) in [7, 11) is 0. The molecular weight excluding hydrogens is 374 g/mol. The Balaban J connectivity index is 1.11. The fourth-order valence-electron chi connectivity index (χ4n) is 5.81. The summed E-state index contributed by atoms with van der Waals surface area (Å²) in [5.74, 6) is -0.203. The van der Waals surface area contributed by atoms with Crippen LogP contribution in [0.5, 0.6) is 0 Å². The van der Waals surface area contributed by atoms with E-state index >= 15 is 0 Å². The highest BCUT2D eigenvalue weighted by atomic mass is 16.5. The van der Waals surface area contributed by atoms with Crippen molar-refractivity contribution in [3.05, 3.63) is 0 Å². The van der Waals surface area contributed by atoms with Crippen molar-refractivity contribution in [2.75, 3.05) is 6.54 Å². The molecule has 172 valence electrons. The van der Waals surface area contributed by atoms with Crippen molar-refractivity contribution >= 4 is 11.8 Å². The number of carbonyl (C=O) groups excluding carboxylic acids is 2. The van der Waals surface area contributed by atoms with Gasteiger partial charge in [-0.15, -0.1) is 0 Å². The van der Waals surface area contributed by atoms with Crippen molar-refractivity contribution in [3.8, 4) is 0 Å². The molecule has 0 N–H and O–H groups in total. The van der Waals surface area contributed by atoms with E-state index in [2.05, 4.69) is 6.92 Å². The van der Waals surface area contributed by atoms with Crippen molar-refractivity contribution in [2.45, 2.75) is 135 Å². The summed E-state index contributed by atoms with van der Waals surface area (Å²) < 4.78 is 5.80. The highest BCUT2D eigenvalue weighted by molar-refractivity contribution is 6.06. The van der Waals surface area contributed by atoms with Crippen LogP contribution in [0.1, 0.15) is 122 Å². The number of carbonyl (C=O) groups is 2. The number of amides is 2. The summed E-state index contributed by atoms with van der Waals surface area (Å²) in [6, 6.07) is 0. The SMILES string of the molecule is CCCCCCCCCCCCCCCCCCN1C(=O)[C@@H]2[C@@H](C1=O)[C@H]1CC[C@@H]2O1. The smallest absolute Gasteiger partial charge is 0.235 e. The van der Waals surface area contributed by atoms with Crippen LogP contribution in [0, 0.1) is 11.8 Å². The second-order valence-corrected chi connectivity index (χ2v) is 9.97. The van der Waals surface area contributed by atoms with Crippen LogP contribution in [0.15, 0.2) is 0 Å². The van der Waals surface area contributed by atoms with E-state index in [0.717, 1.165) is 25.7 Å². The topological polar surface area (TPSA) is 46.6 Å². The third kappa shape index (κ3) is 6.31. The number of hydrogen-bond donors (Lipinski definition) is 0. The predicted octanol–water partition coefficient (Wildman–Crippen LogP) is 6.41. The minimum Gasteiger partial charge on any atom is -0.373 e. The number of likely N-dealkylation sites (tertiary alicyclic amines) is 1. The van der Waals surface area contributed by atoms with Gasteiger partial charge in [0.15, 0.2) is 0 Å². The number of hydrogen-bond acceptors (Lipinski definition) is 3. The lowest BCUT2D eigenvalue weighted by Crippen LogP contribution is -2.35. The molecule has 4 heteroatoms. The van der Waals surface area contributed by atoms with Gasteiger partial charge in [-0.2, -0.15) is 0 Å². The van der Waals surface area contributed by atoms with E-state index < -0.39 is 0 Å². The van der Waals surface area contributed by atoms with Crippen LogP contribution in [0.2, 0.25) is 0 Å². The highest BCUT2D eigenvalue weighted by Gasteiger charge is 2.62. The zero-order valence-electron chi connectivity index (χ0n) is 19.4. The van der Waals surface area contributed by atoms with Gasteiger partial charge in [-0.05, 0) is 19.3 Å². The quantitative estimate of drug-likeness (QED) is 0.202. The van der Waals surface area contributed by atoms with Gasteiger partial charge in [0.05, 0.1) is 24.0 Å². The summed E-state index contributed by atoms with van der Waals surface area (Å²) in [4.78, 5) is 26.8. The molecule has 0 aromatic carbocycles. The van der Waals surface area contributed by atoms with E-state index in [9.17, 15) is 9.59 Å². The number of imide groups is 1. The molecule has 0 aliphatic carbocycles. The zero-order valence-corrected chi connectivity index (χ0v) is 19.4. The maximum atomic E-state index is 12.6. The molecule has 3 aliphatic rings. The third-order valence-electron chi connectivity index (χ3n) is 7.61. The van der Waals surface area contributed by atoms with Gasteiger partial charge in [-0.25, -0.2) is 0 Å². The van der Waals surface area contributed by atoms with Gasteiger partial charge in [0, 0.05) is 6.54 Å². The lowest BCUT2D eigenvalue weighted by Gasteiger charge is -2.17. The Morgan fingerprint density at radius 2 is 1.00 bits per heavy atom. The predicted molar refractivity (Wildman–Crippen MR) is 121 cm³/mol. The first-order chi connectivity index (χ1) is 14.7. The molecule has 0 spiro atoms. The monoisotopic (exact) mass is 419 g/mol. The maximum absolute atomic E-state index is 12.6. The molecule has 0 aromatic heterocycles. The van der Waals surface area contributed by atoms with Crippen molar-refractivity contribution < 1.29 is 14.3 Å². The lowest BCUT2D eigenvalue weighted by molar-refractivity contribution is -0.142. The first kappa shape index (κ1) is 23.8. The van der Waals surface area contributed by atoms with Crippen LogP contribution in [0.4, 0.5) is 0 Å². The number of rotatable bonds is 17. The molecule has 0 unspecified atom stereocenters. The zero-order chi connectivity index (χ0) is 21.2. The molecule has 2 amide bonds. The molecule has 3 heterocycles. The Kier molecular flexibility index (Phi) is 10.2. The Hall–Kier alpha value is -0.900. The molecular formula is C26H45NO3. The van der Waals surface area contributed by atoms with Gasteiger partial charge in [0.25, 0.3) is 0 Å². The molecule has 3 fully saturated rings. The standard InChI is InChI=1S/C26H45NO3/c1-2-3-4-5-6-7-8-9-10-11-12-13-14-15-16-17-20-27-25(28)23-21-18-19-22(30-21)24(23)26(27)29/h21-24H,2-20H2,1H3/t21-,22+,23-,24-/m0/s1. The molecule has 0 saturated carbocycles. The first-order valence-electron chi connectivity index (χ1n) is 13.2. The minimum absolute atomic E-state index is 0.0206. The van der Waals surface area contributed by atoms with Gasteiger partial charge in [0.1, 0.15) is 0 Å². The van der Waals surface area contributed by atoms with E-state index in [1.807, 2.05) is 0 Å². The molecule has 4 nitrogen and oxygen atoms in total. The molecule has 2 bridgehead atoms. The largest absolute Gasteiger partial charge is 0.373 e. The van der Waals surface area contributed by atoms with Crippen LogP contribution in [0.25, 0.3) is 0 Å². The summed E-state index contributed by atoms with van der Waals surface area (Å²) in [5.41, 5.74) is 0. The Bertz CT molecular complexity index is 506. The average molecular weight is 420 g/mol.